The minimum atomic E-state index is 0.590. The lowest BCUT2D eigenvalue weighted by Gasteiger charge is -2.29. The lowest BCUT2D eigenvalue weighted by Crippen LogP contribution is -2.36. The molecule has 1 nitrogen and oxygen atoms in total. The van der Waals surface area contributed by atoms with Crippen molar-refractivity contribution in [3.05, 3.63) is 12.7 Å². The standard InChI is InChI=1S/C12H23N/c1-4-6-10(2)13-11(3)9-12-7-5-8-12/h4,10-13H,1,5-9H2,2-3H3. The number of hydrogen-bond donors (Lipinski definition) is 1. The normalized spacial score (nSPS) is 22.0. The highest BCUT2D eigenvalue weighted by Gasteiger charge is 2.20. The number of hydrogen-bond acceptors (Lipinski definition) is 1. The monoisotopic (exact) mass is 181 g/mol. The second kappa shape index (κ2) is 5.43. The molecule has 0 heterocycles. The van der Waals surface area contributed by atoms with E-state index in [4.69, 9.17) is 0 Å². The molecule has 0 aliphatic heterocycles. The molecule has 0 aromatic carbocycles. The lowest BCUT2D eigenvalue weighted by atomic mass is 9.81. The first-order chi connectivity index (χ1) is 6.22. The van der Waals surface area contributed by atoms with Gasteiger partial charge >= 0.3 is 0 Å². The highest BCUT2D eigenvalue weighted by atomic mass is 14.9. The van der Waals surface area contributed by atoms with Gasteiger partial charge in [0.1, 0.15) is 0 Å². The van der Waals surface area contributed by atoms with Crippen molar-refractivity contribution in [1.29, 1.82) is 0 Å². The Morgan fingerprint density at radius 1 is 1.38 bits per heavy atom. The van der Waals surface area contributed by atoms with Gasteiger partial charge in [-0.2, -0.15) is 0 Å². The third-order valence-electron chi connectivity index (χ3n) is 3.00. The van der Waals surface area contributed by atoms with Crippen molar-refractivity contribution in [2.75, 3.05) is 0 Å². The molecule has 1 aliphatic rings. The molecule has 1 saturated carbocycles. The van der Waals surface area contributed by atoms with Crippen LogP contribution in [0.4, 0.5) is 0 Å². The molecule has 1 heteroatoms. The van der Waals surface area contributed by atoms with Gasteiger partial charge in [0.05, 0.1) is 0 Å². The molecule has 0 aromatic rings. The van der Waals surface area contributed by atoms with E-state index < -0.39 is 0 Å². The molecule has 76 valence electrons. The van der Waals surface area contributed by atoms with Crippen LogP contribution >= 0.6 is 0 Å². The average Bonchev–Trinajstić information content (AvgIpc) is 1.97. The van der Waals surface area contributed by atoms with E-state index in [1.807, 2.05) is 6.08 Å². The molecule has 0 spiro atoms. The predicted molar refractivity (Wildman–Crippen MR) is 58.8 cm³/mol. The van der Waals surface area contributed by atoms with Crippen molar-refractivity contribution in [3.63, 3.8) is 0 Å². The maximum Gasteiger partial charge on any atom is 0.00756 e. The molecule has 0 saturated heterocycles. The Labute approximate surface area is 82.6 Å². The Hall–Kier alpha value is -0.300. The summed E-state index contributed by atoms with van der Waals surface area (Å²) in [6.45, 7) is 8.29. The van der Waals surface area contributed by atoms with Gasteiger partial charge in [-0.05, 0) is 32.6 Å². The molecule has 1 fully saturated rings. The van der Waals surface area contributed by atoms with Crippen molar-refractivity contribution < 1.29 is 0 Å². The van der Waals surface area contributed by atoms with Crippen LogP contribution in [0.5, 0.6) is 0 Å². The Morgan fingerprint density at radius 2 is 2.08 bits per heavy atom. The van der Waals surface area contributed by atoms with Crippen LogP contribution < -0.4 is 5.32 Å². The van der Waals surface area contributed by atoms with Crippen molar-refractivity contribution in [2.45, 2.75) is 58.0 Å². The first-order valence-electron chi connectivity index (χ1n) is 5.59. The lowest BCUT2D eigenvalue weighted by molar-refractivity contribution is 0.259. The van der Waals surface area contributed by atoms with Gasteiger partial charge in [-0.25, -0.2) is 0 Å². The largest absolute Gasteiger partial charge is 0.311 e. The quantitative estimate of drug-likeness (QED) is 0.621. The highest BCUT2D eigenvalue weighted by molar-refractivity contribution is 4.79. The maximum atomic E-state index is 3.76. The molecular formula is C12H23N. The summed E-state index contributed by atoms with van der Waals surface area (Å²) in [6, 6.07) is 1.27. The minimum Gasteiger partial charge on any atom is -0.311 e. The van der Waals surface area contributed by atoms with Crippen LogP contribution in [0.3, 0.4) is 0 Å². The van der Waals surface area contributed by atoms with Gasteiger partial charge in [0.15, 0.2) is 0 Å². The second-order valence-electron chi connectivity index (χ2n) is 4.53. The Bertz CT molecular complexity index is 149. The Kier molecular flexibility index (Phi) is 4.51. The van der Waals surface area contributed by atoms with Crippen molar-refractivity contribution >= 4 is 0 Å². The molecule has 0 aromatic heterocycles. The van der Waals surface area contributed by atoms with E-state index in [9.17, 15) is 0 Å². The zero-order valence-corrected chi connectivity index (χ0v) is 9.05. The molecule has 2 unspecified atom stereocenters. The van der Waals surface area contributed by atoms with Crippen LogP contribution in [0.1, 0.15) is 46.0 Å². The first-order valence-corrected chi connectivity index (χ1v) is 5.59. The van der Waals surface area contributed by atoms with E-state index in [0.717, 1.165) is 12.3 Å². The topological polar surface area (TPSA) is 12.0 Å². The van der Waals surface area contributed by atoms with E-state index in [-0.39, 0.29) is 0 Å². The van der Waals surface area contributed by atoms with Crippen LogP contribution in [-0.4, -0.2) is 12.1 Å². The third-order valence-corrected chi connectivity index (χ3v) is 3.00. The van der Waals surface area contributed by atoms with E-state index in [1.165, 1.54) is 25.7 Å². The van der Waals surface area contributed by atoms with Gasteiger partial charge in [0.2, 0.25) is 0 Å². The van der Waals surface area contributed by atoms with E-state index >= 15 is 0 Å². The molecule has 0 bridgehead atoms. The van der Waals surface area contributed by atoms with Gasteiger partial charge < -0.3 is 5.32 Å². The zero-order chi connectivity index (χ0) is 9.68. The van der Waals surface area contributed by atoms with Crippen LogP contribution in [0.25, 0.3) is 0 Å². The van der Waals surface area contributed by atoms with E-state index in [2.05, 4.69) is 25.7 Å². The highest BCUT2D eigenvalue weighted by Crippen LogP contribution is 2.30. The van der Waals surface area contributed by atoms with Gasteiger partial charge in [0, 0.05) is 12.1 Å². The SMILES string of the molecule is C=CCC(C)NC(C)CC1CCC1. The summed E-state index contributed by atoms with van der Waals surface area (Å²) >= 11 is 0. The molecular weight excluding hydrogens is 158 g/mol. The van der Waals surface area contributed by atoms with Gasteiger partial charge in [0.25, 0.3) is 0 Å². The van der Waals surface area contributed by atoms with Gasteiger partial charge in [-0.3, -0.25) is 0 Å². The number of nitrogens with one attached hydrogen (secondary N) is 1. The van der Waals surface area contributed by atoms with Crippen molar-refractivity contribution in [2.24, 2.45) is 5.92 Å². The summed E-state index contributed by atoms with van der Waals surface area (Å²) < 4.78 is 0. The fourth-order valence-corrected chi connectivity index (χ4v) is 2.10. The molecule has 13 heavy (non-hydrogen) atoms. The fourth-order valence-electron chi connectivity index (χ4n) is 2.10. The summed E-state index contributed by atoms with van der Waals surface area (Å²) in [7, 11) is 0. The van der Waals surface area contributed by atoms with Gasteiger partial charge in [-0.15, -0.1) is 6.58 Å². The summed E-state index contributed by atoms with van der Waals surface area (Å²) in [5, 5.41) is 3.61. The van der Waals surface area contributed by atoms with Crippen LogP contribution in [0.2, 0.25) is 0 Å². The second-order valence-corrected chi connectivity index (χ2v) is 4.53. The molecule has 0 amide bonds. The minimum absolute atomic E-state index is 0.590. The van der Waals surface area contributed by atoms with Crippen molar-refractivity contribution in [3.8, 4) is 0 Å². The summed E-state index contributed by atoms with van der Waals surface area (Å²) in [5.74, 6) is 1.01. The molecule has 0 radical (unpaired) electrons. The number of rotatable bonds is 6. The summed E-state index contributed by atoms with van der Waals surface area (Å²) in [5.41, 5.74) is 0. The zero-order valence-electron chi connectivity index (χ0n) is 9.05. The van der Waals surface area contributed by atoms with E-state index in [1.54, 1.807) is 0 Å². The molecule has 1 N–H and O–H groups in total. The Morgan fingerprint density at radius 3 is 2.54 bits per heavy atom. The van der Waals surface area contributed by atoms with Crippen molar-refractivity contribution in [1.82, 2.24) is 5.32 Å². The molecule has 2 atom stereocenters. The summed E-state index contributed by atoms with van der Waals surface area (Å²) in [6.07, 6.45) is 8.81. The average molecular weight is 181 g/mol. The summed E-state index contributed by atoms with van der Waals surface area (Å²) in [4.78, 5) is 0. The predicted octanol–water partition coefficient (Wildman–Crippen LogP) is 3.12. The van der Waals surface area contributed by atoms with Crippen LogP contribution in [-0.2, 0) is 0 Å². The van der Waals surface area contributed by atoms with Crippen LogP contribution in [0.15, 0.2) is 12.7 Å². The third kappa shape index (κ3) is 3.95. The maximum absolute atomic E-state index is 3.76. The Balaban J connectivity index is 2.07. The smallest absolute Gasteiger partial charge is 0.00756 e. The van der Waals surface area contributed by atoms with Gasteiger partial charge in [-0.1, -0.05) is 25.3 Å². The van der Waals surface area contributed by atoms with Crippen LogP contribution in [0, 0.1) is 5.92 Å². The molecule has 1 aliphatic carbocycles. The first kappa shape index (κ1) is 10.8. The fraction of sp³-hybridized carbons (Fsp3) is 0.833. The van der Waals surface area contributed by atoms with E-state index in [0.29, 0.717) is 12.1 Å². The molecule has 1 rings (SSSR count).